The Morgan fingerprint density at radius 2 is 1.89 bits per heavy atom. The number of benzene rings is 1. The maximum atomic E-state index is 12.9. The second-order valence-electron chi connectivity index (χ2n) is 6.16. The normalized spacial score (nSPS) is 11.6. The number of carbonyl (C=O) groups excluding carboxylic acids is 1. The summed E-state index contributed by atoms with van der Waals surface area (Å²) < 4.78 is 39.6. The number of halogens is 3. The number of aryl methyl sites for hydroxylation is 1. The average Bonchev–Trinajstić information content (AvgIpc) is 3.26. The summed E-state index contributed by atoms with van der Waals surface area (Å²) in [6.07, 6.45) is -3.73. The van der Waals surface area contributed by atoms with Gasteiger partial charge in [0.05, 0.1) is 9.75 Å². The molecule has 0 radical (unpaired) electrons. The molecule has 0 N–H and O–H groups in total. The van der Waals surface area contributed by atoms with Crippen LogP contribution in [-0.4, -0.2) is 34.2 Å². The van der Waals surface area contributed by atoms with Crippen molar-refractivity contribution < 1.29 is 18.0 Å². The van der Waals surface area contributed by atoms with Crippen molar-refractivity contribution in [1.29, 1.82) is 0 Å². The van der Waals surface area contributed by atoms with E-state index in [1.165, 1.54) is 7.05 Å². The predicted octanol–water partition coefficient (Wildman–Crippen LogP) is 4.48. The number of alkyl halides is 3. The minimum Gasteiger partial charge on any atom is -0.341 e. The molecule has 142 valence electrons. The Bertz CT molecular complexity index is 931. The molecule has 0 spiro atoms. The number of thiophene rings is 1. The maximum absolute atomic E-state index is 12.9. The molecular weight excluding hydrogens is 375 g/mol. The molecule has 0 saturated carbocycles. The van der Waals surface area contributed by atoms with Crippen LogP contribution in [0.2, 0.25) is 0 Å². The molecule has 0 aliphatic heterocycles. The maximum Gasteiger partial charge on any atom is 0.433 e. The van der Waals surface area contributed by atoms with Crippen molar-refractivity contribution in [3.8, 4) is 10.6 Å². The van der Waals surface area contributed by atoms with Gasteiger partial charge in [0.2, 0.25) is 0 Å². The number of carbonyl (C=O) groups is 1. The molecule has 0 fully saturated rings. The number of hydrogen-bond acceptors (Lipinski definition) is 3. The molecule has 27 heavy (non-hydrogen) atoms. The van der Waals surface area contributed by atoms with Gasteiger partial charge in [-0.3, -0.25) is 9.48 Å². The van der Waals surface area contributed by atoms with Crippen molar-refractivity contribution >= 4 is 17.2 Å². The zero-order valence-electron chi connectivity index (χ0n) is 14.8. The van der Waals surface area contributed by atoms with Gasteiger partial charge in [0.25, 0.3) is 5.91 Å². The zero-order chi connectivity index (χ0) is 19.6. The van der Waals surface area contributed by atoms with Crippen molar-refractivity contribution in [2.75, 3.05) is 13.6 Å². The predicted molar refractivity (Wildman–Crippen MR) is 98.6 cm³/mol. The van der Waals surface area contributed by atoms with E-state index in [0.717, 1.165) is 34.1 Å². The molecule has 0 aliphatic carbocycles. The fourth-order valence-electron chi connectivity index (χ4n) is 2.67. The van der Waals surface area contributed by atoms with Crippen molar-refractivity contribution in [2.24, 2.45) is 7.05 Å². The lowest BCUT2D eigenvalue weighted by Gasteiger charge is -2.16. The summed E-state index contributed by atoms with van der Waals surface area (Å²) in [6, 6.07) is 14.1. The standard InChI is InChI=1S/C19H18F3N3OS/c1-24(11-10-13-6-4-3-5-7-13)18(26)16-9-8-15(27-16)14-12-17(19(20,21)22)25(2)23-14/h3-9,12H,10-11H2,1-2H3. The molecule has 0 unspecified atom stereocenters. The van der Waals surface area contributed by atoms with Crippen LogP contribution in [0.5, 0.6) is 0 Å². The molecule has 0 atom stereocenters. The molecule has 2 heterocycles. The first-order valence-electron chi connectivity index (χ1n) is 8.26. The van der Waals surface area contributed by atoms with Crippen LogP contribution in [0.25, 0.3) is 10.6 Å². The zero-order valence-corrected chi connectivity index (χ0v) is 15.6. The summed E-state index contributed by atoms with van der Waals surface area (Å²) in [6.45, 7) is 0.553. The number of amides is 1. The Kier molecular flexibility index (Phi) is 5.36. The first-order chi connectivity index (χ1) is 12.8. The van der Waals surface area contributed by atoms with E-state index in [0.29, 0.717) is 16.3 Å². The van der Waals surface area contributed by atoms with Gasteiger partial charge >= 0.3 is 6.18 Å². The van der Waals surface area contributed by atoms with E-state index in [1.807, 2.05) is 30.3 Å². The Morgan fingerprint density at radius 3 is 2.52 bits per heavy atom. The largest absolute Gasteiger partial charge is 0.433 e. The van der Waals surface area contributed by atoms with Crippen LogP contribution in [0.15, 0.2) is 48.5 Å². The lowest BCUT2D eigenvalue weighted by Crippen LogP contribution is -2.28. The van der Waals surface area contributed by atoms with Crippen LogP contribution < -0.4 is 0 Å². The van der Waals surface area contributed by atoms with Gasteiger partial charge in [0.15, 0.2) is 0 Å². The summed E-state index contributed by atoms with van der Waals surface area (Å²) in [5, 5.41) is 3.92. The fourth-order valence-corrected chi connectivity index (χ4v) is 3.63. The second-order valence-corrected chi connectivity index (χ2v) is 7.25. The molecular formula is C19H18F3N3OS. The minimum absolute atomic E-state index is 0.158. The van der Waals surface area contributed by atoms with Gasteiger partial charge < -0.3 is 4.90 Å². The van der Waals surface area contributed by atoms with Gasteiger partial charge in [-0.15, -0.1) is 11.3 Å². The molecule has 3 rings (SSSR count). The van der Waals surface area contributed by atoms with E-state index in [2.05, 4.69) is 5.10 Å². The van der Waals surface area contributed by atoms with Crippen LogP contribution >= 0.6 is 11.3 Å². The summed E-state index contributed by atoms with van der Waals surface area (Å²) in [7, 11) is 2.97. The van der Waals surface area contributed by atoms with E-state index < -0.39 is 11.9 Å². The highest BCUT2D eigenvalue weighted by Gasteiger charge is 2.35. The van der Waals surface area contributed by atoms with Crippen LogP contribution in [0.4, 0.5) is 13.2 Å². The molecule has 2 aromatic heterocycles. The minimum atomic E-state index is -4.46. The summed E-state index contributed by atoms with van der Waals surface area (Å²) >= 11 is 1.14. The molecule has 3 aromatic rings. The van der Waals surface area contributed by atoms with Gasteiger partial charge in [0, 0.05) is 20.6 Å². The molecule has 0 aliphatic rings. The Labute approximate surface area is 158 Å². The third-order valence-electron chi connectivity index (χ3n) is 4.16. The monoisotopic (exact) mass is 393 g/mol. The summed E-state index contributed by atoms with van der Waals surface area (Å²) in [4.78, 5) is 15.2. The topological polar surface area (TPSA) is 38.1 Å². The van der Waals surface area contributed by atoms with Crippen molar-refractivity contribution in [2.45, 2.75) is 12.6 Å². The van der Waals surface area contributed by atoms with Crippen LogP contribution in [-0.2, 0) is 19.6 Å². The summed E-state index contributed by atoms with van der Waals surface area (Å²) in [5.74, 6) is -0.158. The average molecular weight is 393 g/mol. The third-order valence-corrected chi connectivity index (χ3v) is 5.26. The van der Waals surface area contributed by atoms with E-state index in [9.17, 15) is 18.0 Å². The summed E-state index contributed by atoms with van der Waals surface area (Å²) in [5.41, 5.74) is 0.525. The lowest BCUT2D eigenvalue weighted by molar-refractivity contribution is -0.143. The molecule has 4 nitrogen and oxygen atoms in total. The Balaban J connectivity index is 1.70. The van der Waals surface area contributed by atoms with Crippen molar-refractivity contribution in [3.63, 3.8) is 0 Å². The Hall–Kier alpha value is -2.61. The van der Waals surface area contributed by atoms with E-state index in [1.54, 1.807) is 24.1 Å². The van der Waals surface area contributed by atoms with Gasteiger partial charge in [-0.2, -0.15) is 18.3 Å². The quantitative estimate of drug-likeness (QED) is 0.641. The van der Waals surface area contributed by atoms with Crippen molar-refractivity contribution in [1.82, 2.24) is 14.7 Å². The molecule has 8 heteroatoms. The number of likely N-dealkylation sites (N-methyl/N-ethyl adjacent to an activating group) is 1. The van der Waals surface area contributed by atoms with Gasteiger partial charge in [-0.1, -0.05) is 30.3 Å². The van der Waals surface area contributed by atoms with E-state index >= 15 is 0 Å². The highest BCUT2D eigenvalue weighted by atomic mass is 32.1. The third kappa shape index (κ3) is 4.39. The lowest BCUT2D eigenvalue weighted by atomic mass is 10.1. The molecule has 1 aromatic carbocycles. The molecule has 1 amide bonds. The first kappa shape index (κ1) is 19.2. The van der Waals surface area contributed by atoms with Gasteiger partial charge in [-0.25, -0.2) is 0 Å². The number of aromatic nitrogens is 2. The smallest absolute Gasteiger partial charge is 0.341 e. The van der Waals surface area contributed by atoms with Crippen LogP contribution in [0.3, 0.4) is 0 Å². The first-order valence-corrected chi connectivity index (χ1v) is 9.08. The Morgan fingerprint density at radius 1 is 1.19 bits per heavy atom. The highest BCUT2D eigenvalue weighted by Crippen LogP contribution is 2.34. The fraction of sp³-hybridized carbons (Fsp3) is 0.263. The molecule has 0 saturated heterocycles. The van der Waals surface area contributed by atoms with Crippen LogP contribution in [0.1, 0.15) is 20.9 Å². The number of nitrogens with zero attached hydrogens (tertiary/aromatic N) is 3. The second kappa shape index (κ2) is 7.56. The SMILES string of the molecule is CN(CCc1ccccc1)C(=O)c1ccc(-c2cc(C(F)(F)F)n(C)n2)s1. The van der Waals surface area contributed by atoms with Crippen molar-refractivity contribution in [3.05, 3.63) is 64.7 Å². The highest BCUT2D eigenvalue weighted by molar-refractivity contribution is 7.17. The number of hydrogen-bond donors (Lipinski definition) is 0. The van der Waals surface area contributed by atoms with Crippen LogP contribution in [0, 0.1) is 0 Å². The van der Waals surface area contributed by atoms with Gasteiger partial charge in [0.1, 0.15) is 11.4 Å². The van der Waals surface area contributed by atoms with E-state index in [-0.39, 0.29) is 11.6 Å². The van der Waals surface area contributed by atoms with Gasteiger partial charge in [-0.05, 0) is 30.2 Å². The number of rotatable bonds is 5. The molecule has 0 bridgehead atoms. The van der Waals surface area contributed by atoms with E-state index in [4.69, 9.17) is 0 Å².